The second-order valence-corrected chi connectivity index (χ2v) is 6.98. The number of nitrogens with one attached hydrogen (secondary N) is 1. The Morgan fingerprint density at radius 3 is 2.68 bits per heavy atom. The van der Waals surface area contributed by atoms with Crippen LogP contribution in [0.25, 0.3) is 16.9 Å². The van der Waals surface area contributed by atoms with Gasteiger partial charge in [0.2, 0.25) is 0 Å². The van der Waals surface area contributed by atoms with Crippen LogP contribution >= 0.6 is 11.6 Å². The number of carbonyl (C=O) groups is 1. The lowest BCUT2D eigenvalue weighted by Gasteiger charge is -2.12. The maximum absolute atomic E-state index is 12.8. The average Bonchev–Trinajstić information content (AvgIpc) is 3.13. The number of methoxy groups -OCH3 is 1. The Balaban J connectivity index is 2.02. The van der Waals surface area contributed by atoms with Crippen LogP contribution in [0.4, 0.5) is 0 Å². The molecule has 0 saturated carbocycles. The zero-order chi connectivity index (χ0) is 20.1. The maximum atomic E-state index is 12.8. The number of para-hydroxylation sites is 1. The molecule has 0 saturated heterocycles. The number of ether oxygens (including phenoxy) is 1. The lowest BCUT2D eigenvalue weighted by Crippen LogP contribution is -2.32. The van der Waals surface area contributed by atoms with Gasteiger partial charge in [-0.15, -0.1) is 0 Å². The second-order valence-electron chi connectivity index (χ2n) is 6.57. The molecule has 6 nitrogen and oxygen atoms in total. The summed E-state index contributed by atoms with van der Waals surface area (Å²) in [6, 6.07) is 16.6. The molecule has 0 unspecified atom stereocenters. The van der Waals surface area contributed by atoms with Crippen molar-refractivity contribution < 1.29 is 9.53 Å². The van der Waals surface area contributed by atoms with Crippen molar-refractivity contribution in [2.75, 3.05) is 34.3 Å². The van der Waals surface area contributed by atoms with Crippen LogP contribution in [0.15, 0.2) is 54.6 Å². The van der Waals surface area contributed by atoms with Crippen LogP contribution in [-0.4, -0.2) is 54.9 Å². The Bertz CT molecular complexity index is 969. The number of benzene rings is 2. The molecule has 1 N–H and O–H groups in total. The number of nitrogens with zero attached hydrogens (tertiary/aromatic N) is 3. The fraction of sp³-hybridized carbons (Fsp3) is 0.238. The molecule has 0 radical (unpaired) electrons. The van der Waals surface area contributed by atoms with Crippen molar-refractivity contribution in [3.8, 4) is 22.7 Å². The molecule has 2 aromatic carbocycles. The van der Waals surface area contributed by atoms with Crippen molar-refractivity contribution in [2.24, 2.45) is 0 Å². The van der Waals surface area contributed by atoms with Gasteiger partial charge in [0.05, 0.1) is 23.5 Å². The van der Waals surface area contributed by atoms with E-state index < -0.39 is 0 Å². The van der Waals surface area contributed by atoms with Crippen molar-refractivity contribution >= 4 is 17.5 Å². The number of aromatic nitrogens is 2. The van der Waals surface area contributed by atoms with E-state index in [1.165, 1.54) is 0 Å². The highest BCUT2D eigenvalue weighted by molar-refractivity contribution is 6.32. The molecule has 1 aromatic heterocycles. The number of carbonyl (C=O) groups excluding carboxylic acids is 1. The highest BCUT2D eigenvalue weighted by atomic mass is 35.5. The first-order valence-corrected chi connectivity index (χ1v) is 9.29. The van der Waals surface area contributed by atoms with E-state index in [-0.39, 0.29) is 5.91 Å². The third kappa shape index (κ3) is 4.52. The highest BCUT2D eigenvalue weighted by Crippen LogP contribution is 2.27. The largest absolute Gasteiger partial charge is 0.497 e. The fourth-order valence-corrected chi connectivity index (χ4v) is 2.97. The Labute approximate surface area is 169 Å². The molecule has 0 fully saturated rings. The van der Waals surface area contributed by atoms with Crippen molar-refractivity contribution in [3.63, 3.8) is 0 Å². The SMILES string of the molecule is COc1cccc(-c2cc(C(=O)NCCN(C)C)n(-c3ccccc3Cl)n2)c1. The highest BCUT2D eigenvalue weighted by Gasteiger charge is 2.19. The van der Waals surface area contributed by atoms with E-state index in [0.717, 1.165) is 17.9 Å². The summed E-state index contributed by atoms with van der Waals surface area (Å²) in [6.45, 7) is 1.28. The van der Waals surface area contributed by atoms with E-state index in [0.29, 0.717) is 28.6 Å². The molecule has 0 aliphatic rings. The van der Waals surface area contributed by atoms with Crippen molar-refractivity contribution in [1.82, 2.24) is 20.0 Å². The number of rotatable bonds is 7. The van der Waals surface area contributed by atoms with E-state index >= 15 is 0 Å². The maximum Gasteiger partial charge on any atom is 0.270 e. The third-order valence-corrected chi connectivity index (χ3v) is 4.55. The second kappa shape index (κ2) is 8.91. The summed E-state index contributed by atoms with van der Waals surface area (Å²) in [5.74, 6) is 0.519. The molecule has 3 rings (SSSR count). The molecule has 0 aliphatic carbocycles. The number of likely N-dealkylation sites (N-methyl/N-ethyl adjacent to an activating group) is 1. The van der Waals surface area contributed by atoms with Gasteiger partial charge >= 0.3 is 0 Å². The summed E-state index contributed by atoms with van der Waals surface area (Å²) < 4.78 is 6.89. The van der Waals surface area contributed by atoms with Crippen LogP contribution in [0.1, 0.15) is 10.5 Å². The number of amides is 1. The predicted octanol–water partition coefficient (Wildman–Crippen LogP) is 3.49. The first kappa shape index (κ1) is 19.9. The van der Waals surface area contributed by atoms with Crippen LogP contribution in [0.2, 0.25) is 5.02 Å². The first-order chi connectivity index (χ1) is 13.5. The van der Waals surface area contributed by atoms with Gasteiger partial charge in [-0.3, -0.25) is 4.79 Å². The van der Waals surface area contributed by atoms with Crippen molar-refractivity contribution in [3.05, 3.63) is 65.3 Å². The van der Waals surface area contributed by atoms with Gasteiger partial charge in [0.1, 0.15) is 11.4 Å². The summed E-state index contributed by atoms with van der Waals surface area (Å²) >= 11 is 6.37. The van der Waals surface area contributed by atoms with Crippen LogP contribution in [-0.2, 0) is 0 Å². The summed E-state index contributed by atoms with van der Waals surface area (Å²) in [6.07, 6.45) is 0. The summed E-state index contributed by atoms with van der Waals surface area (Å²) in [4.78, 5) is 14.8. The van der Waals surface area contributed by atoms with Gasteiger partial charge < -0.3 is 15.0 Å². The van der Waals surface area contributed by atoms with Gasteiger partial charge in [-0.2, -0.15) is 5.10 Å². The molecule has 0 bridgehead atoms. The molecule has 28 heavy (non-hydrogen) atoms. The standard InChI is InChI=1S/C21H23ClN4O2/c1-25(2)12-11-23-21(27)20-14-18(15-7-6-8-16(13-15)28-3)24-26(20)19-10-5-4-9-17(19)22/h4-10,13-14H,11-12H2,1-3H3,(H,23,27). The Morgan fingerprint density at radius 1 is 1.18 bits per heavy atom. The average molecular weight is 399 g/mol. The molecule has 3 aromatic rings. The fourth-order valence-electron chi connectivity index (χ4n) is 2.76. The first-order valence-electron chi connectivity index (χ1n) is 8.92. The monoisotopic (exact) mass is 398 g/mol. The van der Waals surface area contributed by atoms with Gasteiger partial charge in [0.15, 0.2) is 0 Å². The molecule has 7 heteroatoms. The van der Waals surface area contributed by atoms with E-state index in [1.54, 1.807) is 23.9 Å². The quantitative estimate of drug-likeness (QED) is 0.661. The normalized spacial score (nSPS) is 10.9. The smallest absolute Gasteiger partial charge is 0.270 e. The zero-order valence-corrected chi connectivity index (χ0v) is 16.9. The minimum Gasteiger partial charge on any atom is -0.497 e. The van der Waals surface area contributed by atoms with Gasteiger partial charge in [0, 0.05) is 18.7 Å². The molecule has 0 spiro atoms. The van der Waals surface area contributed by atoms with Crippen LogP contribution < -0.4 is 10.1 Å². The molecular weight excluding hydrogens is 376 g/mol. The van der Waals surface area contributed by atoms with Gasteiger partial charge in [-0.1, -0.05) is 35.9 Å². The summed E-state index contributed by atoms with van der Waals surface area (Å²) in [5, 5.41) is 8.11. The lowest BCUT2D eigenvalue weighted by molar-refractivity contribution is 0.0943. The van der Waals surface area contributed by atoms with Gasteiger partial charge in [-0.25, -0.2) is 4.68 Å². The molecule has 1 amide bonds. The van der Waals surface area contributed by atoms with Gasteiger partial charge in [0.25, 0.3) is 5.91 Å². The predicted molar refractivity (Wildman–Crippen MR) is 111 cm³/mol. The molecule has 0 atom stereocenters. The van der Waals surface area contributed by atoms with Crippen LogP contribution in [0, 0.1) is 0 Å². The summed E-state index contributed by atoms with van der Waals surface area (Å²) in [7, 11) is 5.53. The molecule has 1 heterocycles. The van der Waals surface area contributed by atoms with E-state index in [9.17, 15) is 4.79 Å². The van der Waals surface area contributed by atoms with Gasteiger partial charge in [-0.05, 0) is 44.4 Å². The number of halogens is 1. The van der Waals surface area contributed by atoms with Crippen molar-refractivity contribution in [1.29, 1.82) is 0 Å². The Hall–Kier alpha value is -2.83. The number of hydrogen-bond donors (Lipinski definition) is 1. The topological polar surface area (TPSA) is 59.4 Å². The van der Waals surface area contributed by atoms with Crippen molar-refractivity contribution in [2.45, 2.75) is 0 Å². The zero-order valence-electron chi connectivity index (χ0n) is 16.1. The minimum atomic E-state index is -0.205. The van der Waals surface area contributed by atoms with E-state index in [4.69, 9.17) is 16.3 Å². The summed E-state index contributed by atoms with van der Waals surface area (Å²) in [5.41, 5.74) is 2.59. The Morgan fingerprint density at radius 2 is 1.96 bits per heavy atom. The van der Waals surface area contributed by atoms with Crippen LogP contribution in [0.3, 0.4) is 0 Å². The number of hydrogen-bond acceptors (Lipinski definition) is 4. The molecular formula is C21H23ClN4O2. The third-order valence-electron chi connectivity index (χ3n) is 4.23. The van der Waals surface area contributed by atoms with E-state index in [1.807, 2.05) is 61.5 Å². The lowest BCUT2D eigenvalue weighted by atomic mass is 10.1. The molecule has 0 aliphatic heterocycles. The van der Waals surface area contributed by atoms with Crippen LogP contribution in [0.5, 0.6) is 5.75 Å². The molecule has 146 valence electrons. The minimum absolute atomic E-state index is 0.205. The van der Waals surface area contributed by atoms with E-state index in [2.05, 4.69) is 10.4 Å². The Kier molecular flexibility index (Phi) is 6.34.